The number of unbranched alkanes of at least 4 members (excludes halogenated alkanes) is 8. The minimum atomic E-state index is -3.06. The van der Waals surface area contributed by atoms with Crippen LogP contribution in [0.2, 0.25) is 0 Å². The topological polar surface area (TPSA) is 203 Å². The number of amides is 1. The van der Waals surface area contributed by atoms with Crippen LogP contribution >= 0.6 is 0 Å². The molecule has 0 saturated carbocycles. The highest BCUT2D eigenvalue weighted by atomic mass is 16.7. The summed E-state index contributed by atoms with van der Waals surface area (Å²) in [5, 5.41) is 32.7. The van der Waals surface area contributed by atoms with Gasteiger partial charge in [-0.25, -0.2) is 9.59 Å². The number of allylic oxidation sites excluding steroid dienone is 1. The summed E-state index contributed by atoms with van der Waals surface area (Å²) in [5.74, 6) is -2.20. The van der Waals surface area contributed by atoms with Crippen molar-refractivity contribution in [1.82, 2.24) is 5.32 Å². The first-order valence-corrected chi connectivity index (χ1v) is 17.4. The number of carbonyl (C=O) groups is 6. The summed E-state index contributed by atoms with van der Waals surface area (Å²) in [7, 11) is 0. The molecule has 0 heterocycles. The fourth-order valence-corrected chi connectivity index (χ4v) is 5.11. The molecule has 0 unspecified atom stereocenters. The molecule has 0 aliphatic rings. The number of rotatable bonds is 27. The molecule has 1 rings (SSSR count). The van der Waals surface area contributed by atoms with Gasteiger partial charge in [0.2, 0.25) is 12.7 Å². The summed E-state index contributed by atoms with van der Waals surface area (Å²) in [5.41, 5.74) is -2.53. The van der Waals surface area contributed by atoms with Crippen molar-refractivity contribution in [1.29, 1.82) is 0 Å². The first-order valence-electron chi connectivity index (χ1n) is 17.4. The molecule has 1 aromatic rings. The van der Waals surface area contributed by atoms with Crippen LogP contribution in [0.1, 0.15) is 110 Å². The second-order valence-electron chi connectivity index (χ2n) is 12.2. The van der Waals surface area contributed by atoms with Crippen LogP contribution in [0.4, 0.5) is 0 Å². The number of hydrogen-bond donors (Lipinski definition) is 4. The molecule has 0 bridgehead atoms. The highest BCUT2D eigenvalue weighted by Gasteiger charge is 2.49. The molecule has 13 heteroatoms. The predicted molar refractivity (Wildman–Crippen MR) is 187 cm³/mol. The second kappa shape index (κ2) is 25.3. The van der Waals surface area contributed by atoms with E-state index in [4.69, 9.17) is 9.47 Å². The molecule has 0 fully saturated rings. The van der Waals surface area contributed by atoms with Gasteiger partial charge in [-0.1, -0.05) is 75.7 Å². The summed E-state index contributed by atoms with van der Waals surface area (Å²) in [6.07, 6.45) is 11.0. The maximum absolute atomic E-state index is 13.6. The Morgan fingerprint density at radius 2 is 1.53 bits per heavy atom. The summed E-state index contributed by atoms with van der Waals surface area (Å²) in [6.45, 7) is 4.33. The number of aliphatic carboxylic acids is 2. The third kappa shape index (κ3) is 18.8. The number of carboxylic acids is 2. The first-order chi connectivity index (χ1) is 24.3. The molecule has 0 aromatic heterocycles. The van der Waals surface area contributed by atoms with Crippen LogP contribution in [0, 0.1) is 17.8 Å². The quantitative estimate of drug-likeness (QED) is 0.0316. The molecule has 0 saturated heterocycles. The van der Waals surface area contributed by atoms with E-state index in [0.717, 1.165) is 57.9 Å². The average Bonchev–Trinajstić information content (AvgIpc) is 3.07. The number of Topliss-reactive ketones (excluding diaryl/α,β-unsaturated/α-hetero) is 1. The average molecular weight is 716 g/mol. The molecular weight excluding hydrogens is 662 g/mol. The van der Waals surface area contributed by atoms with Crippen LogP contribution in [0.25, 0.3) is 0 Å². The number of carbonyl (C=O) groups excluding carboxylic acids is 4. The monoisotopic (exact) mass is 715 g/mol. The van der Waals surface area contributed by atoms with Gasteiger partial charge in [-0.15, -0.1) is 5.92 Å². The van der Waals surface area contributed by atoms with E-state index >= 15 is 0 Å². The molecule has 282 valence electrons. The third-order valence-electron chi connectivity index (χ3n) is 7.97. The van der Waals surface area contributed by atoms with Crippen molar-refractivity contribution in [2.24, 2.45) is 5.92 Å². The smallest absolute Gasteiger partial charge is 0.337 e. The highest BCUT2D eigenvalue weighted by molar-refractivity contribution is 5.94. The molecule has 13 nitrogen and oxygen atoms in total. The molecule has 0 radical (unpaired) electrons. The minimum absolute atomic E-state index is 0.162. The Labute approximate surface area is 300 Å². The van der Waals surface area contributed by atoms with Crippen LogP contribution < -0.4 is 10.1 Å². The van der Waals surface area contributed by atoms with Crippen molar-refractivity contribution in [3.8, 4) is 17.6 Å². The molecule has 0 aliphatic carbocycles. The molecule has 4 N–H and O–H groups in total. The lowest BCUT2D eigenvalue weighted by Crippen LogP contribution is -2.55. The fraction of sp³-hybridized carbons (Fsp3) is 0.579. The van der Waals surface area contributed by atoms with Gasteiger partial charge >= 0.3 is 23.9 Å². The molecule has 1 aromatic carbocycles. The molecule has 51 heavy (non-hydrogen) atoms. The Kier molecular flexibility index (Phi) is 22.0. The lowest BCUT2D eigenvalue weighted by molar-refractivity contribution is -0.173. The summed E-state index contributed by atoms with van der Waals surface area (Å²) in [4.78, 5) is 73.7. The summed E-state index contributed by atoms with van der Waals surface area (Å²) in [6, 6.07) is 5.01. The van der Waals surface area contributed by atoms with Crippen molar-refractivity contribution in [3.63, 3.8) is 0 Å². The number of ketones is 1. The molecule has 0 aliphatic heterocycles. The predicted octanol–water partition coefficient (Wildman–Crippen LogP) is 4.91. The van der Waals surface area contributed by atoms with Gasteiger partial charge in [0.1, 0.15) is 24.2 Å². The zero-order chi connectivity index (χ0) is 38.1. The van der Waals surface area contributed by atoms with Gasteiger partial charge in [-0.05, 0) is 50.3 Å². The lowest BCUT2D eigenvalue weighted by atomic mass is 9.82. The third-order valence-corrected chi connectivity index (χ3v) is 7.97. The number of hydrogen-bond acceptors (Lipinski definition) is 10. The van der Waals surface area contributed by atoms with Crippen molar-refractivity contribution in [2.75, 3.05) is 13.4 Å². The first kappa shape index (κ1) is 44.3. The van der Waals surface area contributed by atoms with E-state index in [1.165, 1.54) is 12.5 Å². The van der Waals surface area contributed by atoms with E-state index in [1.807, 2.05) is 0 Å². The van der Waals surface area contributed by atoms with Crippen LogP contribution in [-0.2, 0) is 44.7 Å². The van der Waals surface area contributed by atoms with Gasteiger partial charge in [-0.3, -0.25) is 19.2 Å². The standard InChI is InChI=1S/C38H53NO12/c1-4-6-8-11-14-17-30(41)18-15-12-9-10-13-16-19-32(38(48,37(46)47)26-34(42)43)35(44)39-33(36(45)51-27-50-28(3)40)25-29-20-22-31(23-21-29)49-24-7-5-2/h16,19-23,32-33,48H,4,6,8-15,17-18,24-27H2,1-3H3,(H,39,44)(H,42,43)(H,46,47)/t32-,33+,38+/m1/s1. The number of nitrogens with one attached hydrogen (secondary N) is 1. The molecule has 0 spiro atoms. The van der Waals surface area contributed by atoms with Gasteiger partial charge in [0.15, 0.2) is 5.60 Å². The number of benzene rings is 1. The van der Waals surface area contributed by atoms with Crippen molar-refractivity contribution in [2.45, 2.75) is 122 Å². The van der Waals surface area contributed by atoms with Gasteiger partial charge in [0.05, 0.1) is 12.3 Å². The van der Waals surface area contributed by atoms with Gasteiger partial charge in [0.25, 0.3) is 0 Å². The Morgan fingerprint density at radius 1 is 0.902 bits per heavy atom. The van der Waals surface area contributed by atoms with Crippen LogP contribution in [0.3, 0.4) is 0 Å². The lowest BCUT2D eigenvalue weighted by Gasteiger charge is -2.29. The van der Waals surface area contributed by atoms with E-state index in [-0.39, 0.29) is 18.8 Å². The van der Waals surface area contributed by atoms with Crippen molar-refractivity contribution >= 4 is 35.6 Å². The van der Waals surface area contributed by atoms with Crippen molar-refractivity contribution < 1.29 is 58.3 Å². The summed E-state index contributed by atoms with van der Waals surface area (Å²) < 4.78 is 15.1. The fourth-order valence-electron chi connectivity index (χ4n) is 5.11. The Bertz CT molecular complexity index is 1360. The van der Waals surface area contributed by atoms with E-state index in [2.05, 4.69) is 28.8 Å². The van der Waals surface area contributed by atoms with E-state index in [9.17, 15) is 44.1 Å². The number of carboxylic acid groups (broad SMARTS) is 2. The largest absolute Gasteiger partial charge is 0.481 e. The van der Waals surface area contributed by atoms with Crippen molar-refractivity contribution in [3.05, 3.63) is 42.0 Å². The van der Waals surface area contributed by atoms with Gasteiger partial charge in [0, 0.05) is 26.2 Å². The molecule has 1 amide bonds. The zero-order valence-corrected chi connectivity index (χ0v) is 29.9. The number of ether oxygens (including phenoxy) is 3. The second-order valence-corrected chi connectivity index (χ2v) is 12.2. The van der Waals surface area contributed by atoms with Gasteiger partial charge in [-0.2, -0.15) is 0 Å². The van der Waals surface area contributed by atoms with Crippen LogP contribution in [0.15, 0.2) is 36.4 Å². The SMILES string of the molecule is CC#CCOc1ccc(C[C@H](NC(=O)[C@@H](C=CCCCCCCC(=O)CCCCCCC)[C@@](O)(CC(=O)O)C(=O)O)C(=O)OCOC(C)=O)cc1. The number of esters is 2. The van der Waals surface area contributed by atoms with Crippen LogP contribution in [0.5, 0.6) is 5.75 Å². The maximum Gasteiger partial charge on any atom is 0.337 e. The van der Waals surface area contributed by atoms with E-state index in [1.54, 1.807) is 31.2 Å². The summed E-state index contributed by atoms with van der Waals surface area (Å²) >= 11 is 0. The molecular formula is C38H53NO12. The minimum Gasteiger partial charge on any atom is -0.481 e. The normalized spacial score (nSPS) is 13.2. The highest BCUT2D eigenvalue weighted by Crippen LogP contribution is 2.26. The van der Waals surface area contributed by atoms with Crippen LogP contribution in [-0.4, -0.2) is 75.9 Å². The Morgan fingerprint density at radius 3 is 2.10 bits per heavy atom. The van der Waals surface area contributed by atoms with E-state index < -0.39 is 60.6 Å². The molecule has 3 atom stereocenters. The Balaban J connectivity index is 3.03. The maximum atomic E-state index is 13.6. The number of aliphatic hydroxyl groups is 1. The Hall–Kier alpha value is -4.70. The van der Waals surface area contributed by atoms with E-state index in [0.29, 0.717) is 37.0 Å². The van der Waals surface area contributed by atoms with Gasteiger partial charge < -0.3 is 34.8 Å². The zero-order valence-electron chi connectivity index (χ0n) is 29.9.